The van der Waals surface area contributed by atoms with E-state index in [0.717, 1.165) is 12.5 Å². The van der Waals surface area contributed by atoms with Gasteiger partial charge >= 0.3 is 5.97 Å². The van der Waals surface area contributed by atoms with Gasteiger partial charge in [0.1, 0.15) is 12.6 Å². The molecule has 0 bridgehead atoms. The second-order valence-corrected chi connectivity index (χ2v) is 4.20. The van der Waals surface area contributed by atoms with Crippen LogP contribution in [0.15, 0.2) is 12.2 Å². The van der Waals surface area contributed by atoms with E-state index in [1.807, 2.05) is 0 Å². The van der Waals surface area contributed by atoms with Crippen molar-refractivity contribution in [2.24, 2.45) is 0 Å². The second kappa shape index (κ2) is 4.57. The number of amides is 2. The van der Waals surface area contributed by atoms with Gasteiger partial charge in [0, 0.05) is 19.2 Å². The van der Waals surface area contributed by atoms with Crippen molar-refractivity contribution in [2.45, 2.75) is 18.9 Å². The molecule has 1 N–H and O–H groups in total. The maximum absolute atomic E-state index is 12.0. The lowest BCUT2D eigenvalue weighted by Crippen LogP contribution is -2.57. The van der Waals surface area contributed by atoms with Crippen molar-refractivity contribution >= 4 is 17.8 Å². The van der Waals surface area contributed by atoms with Gasteiger partial charge in [-0.05, 0) is 12.8 Å². The summed E-state index contributed by atoms with van der Waals surface area (Å²) in [5.41, 5.74) is 0. The molecule has 17 heavy (non-hydrogen) atoms. The van der Waals surface area contributed by atoms with Crippen LogP contribution in [0.25, 0.3) is 0 Å². The standard InChI is InChI=1S/C11H14N2O4/c14-9-7-12(5-2-4-10(15)16)11(17)8-3-1-6-13(8)9/h2,4,8H,1,3,5-7H2,(H,15,16)/b4-2+. The molecule has 1 atom stereocenters. The average Bonchev–Trinajstić information content (AvgIpc) is 2.74. The Labute approximate surface area is 98.5 Å². The van der Waals surface area contributed by atoms with E-state index in [2.05, 4.69) is 0 Å². The van der Waals surface area contributed by atoms with Crippen molar-refractivity contribution in [3.63, 3.8) is 0 Å². The Bertz CT molecular complexity index is 391. The summed E-state index contributed by atoms with van der Waals surface area (Å²) in [6.45, 7) is 0.897. The van der Waals surface area contributed by atoms with Crippen LogP contribution >= 0.6 is 0 Å². The normalized spacial score (nSPS) is 24.6. The molecule has 0 aromatic rings. The minimum absolute atomic E-state index is 0.0455. The number of aliphatic carboxylic acids is 1. The van der Waals surface area contributed by atoms with E-state index in [1.165, 1.54) is 11.0 Å². The molecule has 2 fully saturated rings. The predicted octanol–water partition coefficient (Wildman–Crippen LogP) is -0.540. The molecule has 2 heterocycles. The summed E-state index contributed by atoms with van der Waals surface area (Å²) in [7, 11) is 0. The van der Waals surface area contributed by atoms with E-state index in [-0.39, 0.29) is 30.9 Å². The molecule has 2 aliphatic rings. The number of piperazine rings is 1. The number of carbonyl (C=O) groups is 3. The summed E-state index contributed by atoms with van der Waals surface area (Å²) in [6.07, 6.45) is 3.95. The Morgan fingerprint density at radius 2 is 2.24 bits per heavy atom. The molecule has 0 aliphatic carbocycles. The van der Waals surface area contributed by atoms with E-state index >= 15 is 0 Å². The largest absolute Gasteiger partial charge is 0.478 e. The topological polar surface area (TPSA) is 77.9 Å². The maximum atomic E-state index is 12.0. The number of carboxylic acid groups (broad SMARTS) is 1. The number of carbonyl (C=O) groups excluding carboxylic acids is 2. The summed E-state index contributed by atoms with van der Waals surface area (Å²) in [6, 6.07) is -0.325. The van der Waals surface area contributed by atoms with E-state index in [4.69, 9.17) is 5.11 Å². The van der Waals surface area contributed by atoms with Crippen molar-refractivity contribution in [3.8, 4) is 0 Å². The van der Waals surface area contributed by atoms with Crippen molar-refractivity contribution in [2.75, 3.05) is 19.6 Å². The lowest BCUT2D eigenvalue weighted by atomic mass is 10.1. The Hall–Kier alpha value is -1.85. The van der Waals surface area contributed by atoms with Gasteiger partial charge in [-0.25, -0.2) is 4.79 Å². The molecule has 2 saturated heterocycles. The monoisotopic (exact) mass is 238 g/mol. The van der Waals surface area contributed by atoms with Crippen LogP contribution < -0.4 is 0 Å². The lowest BCUT2D eigenvalue weighted by Gasteiger charge is -2.35. The van der Waals surface area contributed by atoms with E-state index in [0.29, 0.717) is 13.0 Å². The fourth-order valence-electron chi connectivity index (χ4n) is 2.30. The minimum atomic E-state index is -1.05. The molecule has 2 amide bonds. The van der Waals surface area contributed by atoms with Gasteiger partial charge < -0.3 is 14.9 Å². The fourth-order valence-corrected chi connectivity index (χ4v) is 2.30. The number of fused-ring (bicyclic) bond motifs is 1. The summed E-state index contributed by atoms with van der Waals surface area (Å²) in [4.78, 5) is 37.0. The highest BCUT2D eigenvalue weighted by Gasteiger charge is 2.41. The highest BCUT2D eigenvalue weighted by molar-refractivity contribution is 5.95. The fraction of sp³-hybridized carbons (Fsp3) is 0.545. The Kier molecular flexibility index (Phi) is 3.12. The van der Waals surface area contributed by atoms with Crippen molar-refractivity contribution < 1.29 is 19.5 Å². The van der Waals surface area contributed by atoms with Gasteiger partial charge in [-0.2, -0.15) is 0 Å². The Balaban J connectivity index is 2.02. The van der Waals surface area contributed by atoms with E-state index < -0.39 is 5.97 Å². The van der Waals surface area contributed by atoms with Crippen molar-refractivity contribution in [3.05, 3.63) is 12.2 Å². The van der Waals surface area contributed by atoms with Crippen LogP contribution in [0.3, 0.4) is 0 Å². The molecule has 92 valence electrons. The van der Waals surface area contributed by atoms with Crippen LogP contribution in [0.1, 0.15) is 12.8 Å². The molecule has 0 radical (unpaired) electrons. The molecule has 0 aromatic heterocycles. The number of nitrogens with zero attached hydrogens (tertiary/aromatic N) is 2. The molecule has 0 spiro atoms. The molecular formula is C11H14N2O4. The second-order valence-electron chi connectivity index (χ2n) is 4.20. The molecule has 0 aromatic carbocycles. The third-order valence-corrected chi connectivity index (χ3v) is 3.08. The number of hydrogen-bond acceptors (Lipinski definition) is 3. The quantitative estimate of drug-likeness (QED) is 0.670. The minimum Gasteiger partial charge on any atom is -0.478 e. The van der Waals surface area contributed by atoms with Crippen LogP contribution in [0.5, 0.6) is 0 Å². The van der Waals surface area contributed by atoms with Gasteiger partial charge in [0.2, 0.25) is 11.8 Å². The lowest BCUT2D eigenvalue weighted by molar-refractivity contribution is -0.152. The summed E-state index contributed by atoms with van der Waals surface area (Å²) >= 11 is 0. The highest BCUT2D eigenvalue weighted by Crippen LogP contribution is 2.23. The zero-order valence-electron chi connectivity index (χ0n) is 9.33. The Morgan fingerprint density at radius 1 is 1.47 bits per heavy atom. The zero-order valence-corrected chi connectivity index (χ0v) is 9.33. The summed E-state index contributed by atoms with van der Waals surface area (Å²) in [5, 5.41) is 8.45. The van der Waals surface area contributed by atoms with Crippen LogP contribution in [-0.2, 0) is 14.4 Å². The third-order valence-electron chi connectivity index (χ3n) is 3.08. The van der Waals surface area contributed by atoms with E-state index in [9.17, 15) is 14.4 Å². The number of hydrogen-bond donors (Lipinski definition) is 1. The SMILES string of the molecule is O=C(O)/C=C/CN1CC(=O)N2CCCC2C1=O. The van der Waals surface area contributed by atoms with Gasteiger partial charge in [-0.15, -0.1) is 0 Å². The summed E-state index contributed by atoms with van der Waals surface area (Å²) in [5.74, 6) is -1.17. The molecule has 2 rings (SSSR count). The van der Waals surface area contributed by atoms with Gasteiger partial charge in [0.05, 0.1) is 0 Å². The number of carboxylic acids is 1. The third kappa shape index (κ3) is 2.30. The van der Waals surface area contributed by atoms with Crippen LogP contribution in [-0.4, -0.2) is 58.4 Å². The van der Waals surface area contributed by atoms with Gasteiger partial charge in [-0.1, -0.05) is 6.08 Å². The molecule has 1 unspecified atom stereocenters. The summed E-state index contributed by atoms with van der Waals surface area (Å²) < 4.78 is 0. The first kappa shape index (κ1) is 11.6. The van der Waals surface area contributed by atoms with Crippen molar-refractivity contribution in [1.82, 2.24) is 9.80 Å². The van der Waals surface area contributed by atoms with Crippen molar-refractivity contribution in [1.29, 1.82) is 0 Å². The molecule has 2 aliphatic heterocycles. The van der Waals surface area contributed by atoms with Gasteiger partial charge in [-0.3, -0.25) is 9.59 Å². The van der Waals surface area contributed by atoms with Crippen LogP contribution in [0.2, 0.25) is 0 Å². The first-order valence-corrected chi connectivity index (χ1v) is 5.57. The first-order valence-electron chi connectivity index (χ1n) is 5.57. The van der Waals surface area contributed by atoms with Crippen LogP contribution in [0, 0.1) is 0 Å². The highest BCUT2D eigenvalue weighted by atomic mass is 16.4. The zero-order chi connectivity index (χ0) is 12.4. The Morgan fingerprint density at radius 3 is 2.94 bits per heavy atom. The first-order chi connectivity index (χ1) is 8.09. The smallest absolute Gasteiger partial charge is 0.328 e. The molecule has 6 nitrogen and oxygen atoms in total. The van der Waals surface area contributed by atoms with Gasteiger partial charge in [0.25, 0.3) is 0 Å². The predicted molar refractivity (Wildman–Crippen MR) is 58.1 cm³/mol. The maximum Gasteiger partial charge on any atom is 0.328 e. The number of rotatable bonds is 3. The molecule has 0 saturated carbocycles. The molecule has 6 heteroatoms. The van der Waals surface area contributed by atoms with E-state index in [1.54, 1.807) is 4.90 Å². The average molecular weight is 238 g/mol. The van der Waals surface area contributed by atoms with Gasteiger partial charge in [0.15, 0.2) is 0 Å². The van der Waals surface area contributed by atoms with Crippen LogP contribution in [0.4, 0.5) is 0 Å². The molecular weight excluding hydrogens is 224 g/mol.